The second-order valence-corrected chi connectivity index (χ2v) is 5.76. The minimum Gasteiger partial charge on any atom is -0.316 e. The van der Waals surface area contributed by atoms with Crippen molar-refractivity contribution in [3.05, 3.63) is 65.7 Å². The minimum absolute atomic E-state index is 1.06. The molecule has 0 unspecified atom stereocenters. The Morgan fingerprint density at radius 1 is 0.895 bits per heavy atom. The van der Waals surface area contributed by atoms with Crippen LogP contribution in [0.1, 0.15) is 11.1 Å². The SMILES string of the molecule is Cc1ccccc1CCNCCSc1ccccc1. The number of hydrogen-bond acceptors (Lipinski definition) is 2. The van der Waals surface area contributed by atoms with Crippen LogP contribution in [0.15, 0.2) is 59.5 Å². The topological polar surface area (TPSA) is 12.0 Å². The predicted octanol–water partition coefficient (Wildman–Crippen LogP) is 3.92. The first-order chi connectivity index (χ1) is 9.36. The van der Waals surface area contributed by atoms with Crippen LogP contribution in [0.3, 0.4) is 0 Å². The molecule has 0 amide bonds. The Kier molecular flexibility index (Phi) is 5.99. The average Bonchev–Trinajstić information content (AvgIpc) is 2.45. The Balaban J connectivity index is 1.59. The first kappa shape index (κ1) is 14.2. The summed E-state index contributed by atoms with van der Waals surface area (Å²) in [7, 11) is 0. The maximum atomic E-state index is 3.51. The van der Waals surface area contributed by atoms with Crippen LogP contribution in [0.25, 0.3) is 0 Å². The molecule has 0 aliphatic heterocycles. The molecule has 0 spiro atoms. The summed E-state index contributed by atoms with van der Waals surface area (Å²) < 4.78 is 0. The van der Waals surface area contributed by atoms with Crippen LogP contribution in [0.2, 0.25) is 0 Å². The standard InChI is InChI=1S/C17H21NS/c1-15-7-5-6-8-16(15)11-12-18-13-14-19-17-9-3-2-4-10-17/h2-10,18H,11-14H2,1H3. The molecule has 0 aliphatic carbocycles. The fourth-order valence-electron chi connectivity index (χ4n) is 2.00. The van der Waals surface area contributed by atoms with Gasteiger partial charge in [0, 0.05) is 17.2 Å². The van der Waals surface area contributed by atoms with Crippen molar-refractivity contribution >= 4 is 11.8 Å². The van der Waals surface area contributed by atoms with E-state index in [2.05, 4.69) is 66.8 Å². The molecule has 2 rings (SSSR count). The van der Waals surface area contributed by atoms with Crippen molar-refractivity contribution in [2.75, 3.05) is 18.8 Å². The van der Waals surface area contributed by atoms with Gasteiger partial charge in [0.1, 0.15) is 0 Å². The van der Waals surface area contributed by atoms with Gasteiger partial charge in [-0.2, -0.15) is 0 Å². The van der Waals surface area contributed by atoms with Gasteiger partial charge >= 0.3 is 0 Å². The molecule has 0 aromatic heterocycles. The molecule has 0 radical (unpaired) electrons. The fraction of sp³-hybridized carbons (Fsp3) is 0.294. The molecule has 0 heterocycles. The van der Waals surface area contributed by atoms with Crippen molar-refractivity contribution in [3.8, 4) is 0 Å². The first-order valence-corrected chi connectivity index (χ1v) is 7.78. The van der Waals surface area contributed by atoms with Crippen LogP contribution < -0.4 is 5.32 Å². The van der Waals surface area contributed by atoms with Crippen LogP contribution >= 0.6 is 11.8 Å². The summed E-state index contributed by atoms with van der Waals surface area (Å²) in [5.74, 6) is 1.12. The smallest absolute Gasteiger partial charge is 0.0106 e. The van der Waals surface area contributed by atoms with Gasteiger partial charge in [0.2, 0.25) is 0 Å². The summed E-state index contributed by atoms with van der Waals surface area (Å²) >= 11 is 1.91. The lowest BCUT2D eigenvalue weighted by molar-refractivity contribution is 0.719. The molecule has 0 saturated carbocycles. The molecule has 0 atom stereocenters. The van der Waals surface area contributed by atoms with Gasteiger partial charge in [0.25, 0.3) is 0 Å². The van der Waals surface area contributed by atoms with Gasteiger partial charge in [-0.3, -0.25) is 0 Å². The molecule has 2 heteroatoms. The van der Waals surface area contributed by atoms with E-state index in [0.717, 1.165) is 25.3 Å². The van der Waals surface area contributed by atoms with E-state index in [9.17, 15) is 0 Å². The van der Waals surface area contributed by atoms with E-state index in [0.29, 0.717) is 0 Å². The molecule has 2 aromatic rings. The van der Waals surface area contributed by atoms with Gasteiger partial charge in [-0.15, -0.1) is 11.8 Å². The molecule has 100 valence electrons. The molecule has 19 heavy (non-hydrogen) atoms. The third-order valence-corrected chi connectivity index (χ3v) is 4.14. The number of benzene rings is 2. The largest absolute Gasteiger partial charge is 0.316 e. The molecule has 0 fully saturated rings. The van der Waals surface area contributed by atoms with Gasteiger partial charge in [0.05, 0.1) is 0 Å². The van der Waals surface area contributed by atoms with Crippen molar-refractivity contribution in [2.24, 2.45) is 0 Å². The lowest BCUT2D eigenvalue weighted by atomic mass is 10.1. The van der Waals surface area contributed by atoms with E-state index >= 15 is 0 Å². The Morgan fingerprint density at radius 2 is 1.63 bits per heavy atom. The van der Waals surface area contributed by atoms with E-state index < -0.39 is 0 Å². The minimum atomic E-state index is 1.06. The summed E-state index contributed by atoms with van der Waals surface area (Å²) in [6.07, 6.45) is 1.11. The zero-order valence-electron chi connectivity index (χ0n) is 11.4. The summed E-state index contributed by atoms with van der Waals surface area (Å²) in [5.41, 5.74) is 2.84. The van der Waals surface area contributed by atoms with Gasteiger partial charge in [0.15, 0.2) is 0 Å². The highest BCUT2D eigenvalue weighted by Crippen LogP contribution is 2.15. The normalized spacial score (nSPS) is 10.6. The molecule has 1 N–H and O–H groups in total. The second-order valence-electron chi connectivity index (χ2n) is 4.59. The summed E-state index contributed by atoms with van der Waals surface area (Å²) in [4.78, 5) is 1.35. The monoisotopic (exact) mass is 271 g/mol. The molecular weight excluding hydrogens is 250 g/mol. The maximum absolute atomic E-state index is 3.51. The Morgan fingerprint density at radius 3 is 2.42 bits per heavy atom. The van der Waals surface area contributed by atoms with Crippen LogP contribution in [0.5, 0.6) is 0 Å². The van der Waals surface area contributed by atoms with Gasteiger partial charge < -0.3 is 5.32 Å². The highest BCUT2D eigenvalue weighted by Gasteiger charge is 1.96. The highest BCUT2D eigenvalue weighted by molar-refractivity contribution is 7.99. The number of thioether (sulfide) groups is 1. The van der Waals surface area contributed by atoms with E-state index in [1.54, 1.807) is 0 Å². The maximum Gasteiger partial charge on any atom is 0.0106 e. The molecular formula is C17H21NS. The van der Waals surface area contributed by atoms with Crippen LogP contribution in [-0.2, 0) is 6.42 Å². The van der Waals surface area contributed by atoms with Gasteiger partial charge in [-0.05, 0) is 43.1 Å². The number of nitrogens with one attached hydrogen (secondary N) is 1. The van der Waals surface area contributed by atoms with E-state index in [1.165, 1.54) is 16.0 Å². The highest BCUT2D eigenvalue weighted by atomic mass is 32.2. The molecule has 2 aromatic carbocycles. The number of rotatable bonds is 7. The van der Waals surface area contributed by atoms with Crippen molar-refractivity contribution < 1.29 is 0 Å². The van der Waals surface area contributed by atoms with Crippen LogP contribution in [0.4, 0.5) is 0 Å². The van der Waals surface area contributed by atoms with Crippen molar-refractivity contribution in [3.63, 3.8) is 0 Å². The summed E-state index contributed by atoms with van der Waals surface area (Å²) in [6, 6.07) is 19.2. The predicted molar refractivity (Wildman–Crippen MR) is 84.9 cm³/mol. The van der Waals surface area contributed by atoms with Gasteiger partial charge in [-0.25, -0.2) is 0 Å². The molecule has 0 saturated heterocycles. The third kappa shape index (κ3) is 5.09. The fourth-order valence-corrected chi connectivity index (χ4v) is 2.83. The van der Waals surface area contributed by atoms with E-state index in [1.807, 2.05) is 11.8 Å². The third-order valence-electron chi connectivity index (χ3n) is 3.12. The average molecular weight is 271 g/mol. The number of aryl methyl sites for hydroxylation is 1. The second kappa shape index (κ2) is 8.03. The Bertz CT molecular complexity index is 482. The van der Waals surface area contributed by atoms with Gasteiger partial charge in [-0.1, -0.05) is 42.5 Å². The lowest BCUT2D eigenvalue weighted by Gasteiger charge is -2.07. The van der Waals surface area contributed by atoms with E-state index in [-0.39, 0.29) is 0 Å². The lowest BCUT2D eigenvalue weighted by Crippen LogP contribution is -2.20. The van der Waals surface area contributed by atoms with Crippen LogP contribution in [0, 0.1) is 6.92 Å². The molecule has 0 aliphatic rings. The summed E-state index contributed by atoms with van der Waals surface area (Å²) in [5, 5.41) is 3.51. The van der Waals surface area contributed by atoms with Crippen molar-refractivity contribution in [2.45, 2.75) is 18.2 Å². The van der Waals surface area contributed by atoms with Crippen molar-refractivity contribution in [1.82, 2.24) is 5.32 Å². The molecule has 0 bridgehead atoms. The van der Waals surface area contributed by atoms with Crippen LogP contribution in [-0.4, -0.2) is 18.8 Å². The zero-order chi connectivity index (χ0) is 13.3. The summed E-state index contributed by atoms with van der Waals surface area (Å²) in [6.45, 7) is 4.30. The first-order valence-electron chi connectivity index (χ1n) is 6.79. The zero-order valence-corrected chi connectivity index (χ0v) is 12.2. The molecule has 1 nitrogen and oxygen atoms in total. The van der Waals surface area contributed by atoms with Crippen molar-refractivity contribution in [1.29, 1.82) is 0 Å². The number of hydrogen-bond donors (Lipinski definition) is 1. The quantitative estimate of drug-likeness (QED) is 0.605. The Labute approximate surface area is 120 Å². The van der Waals surface area contributed by atoms with E-state index in [4.69, 9.17) is 0 Å². The Hall–Kier alpha value is -1.25.